The van der Waals surface area contributed by atoms with E-state index in [1.54, 1.807) is 18.3 Å². The van der Waals surface area contributed by atoms with Crippen molar-refractivity contribution in [2.45, 2.75) is 43.4 Å². The molecule has 28 heavy (non-hydrogen) atoms. The molecular formula is C20H20F3N5. The van der Waals surface area contributed by atoms with Gasteiger partial charge in [0.05, 0.1) is 5.69 Å². The molecule has 1 aromatic carbocycles. The van der Waals surface area contributed by atoms with Crippen molar-refractivity contribution in [3.8, 4) is 11.3 Å². The monoisotopic (exact) mass is 387 g/mol. The van der Waals surface area contributed by atoms with Crippen LogP contribution in [0.5, 0.6) is 0 Å². The SMILES string of the molecule is FC(F)(F)c1cnc(N[C@H]2CCC3(CC3)NC2)nc1-c1c[nH]c2ccccc12. The third-order valence-electron chi connectivity index (χ3n) is 5.82. The van der Waals surface area contributed by atoms with E-state index in [-0.39, 0.29) is 17.7 Å². The van der Waals surface area contributed by atoms with E-state index >= 15 is 0 Å². The van der Waals surface area contributed by atoms with Gasteiger partial charge >= 0.3 is 6.18 Å². The third-order valence-corrected chi connectivity index (χ3v) is 5.82. The van der Waals surface area contributed by atoms with E-state index in [9.17, 15) is 13.2 Å². The molecule has 0 amide bonds. The molecule has 3 heterocycles. The van der Waals surface area contributed by atoms with Gasteiger partial charge in [0.1, 0.15) is 5.56 Å². The van der Waals surface area contributed by atoms with Crippen LogP contribution in [-0.2, 0) is 6.18 Å². The van der Waals surface area contributed by atoms with E-state index in [2.05, 4.69) is 25.6 Å². The zero-order valence-electron chi connectivity index (χ0n) is 15.1. The number of hydrogen-bond acceptors (Lipinski definition) is 4. The number of rotatable bonds is 3. The minimum absolute atomic E-state index is 0.107. The summed E-state index contributed by atoms with van der Waals surface area (Å²) in [5, 5.41) is 7.45. The highest BCUT2D eigenvalue weighted by atomic mass is 19.4. The first kappa shape index (κ1) is 17.5. The van der Waals surface area contributed by atoms with E-state index in [0.29, 0.717) is 16.5 Å². The first-order valence-electron chi connectivity index (χ1n) is 9.46. The van der Waals surface area contributed by atoms with E-state index in [1.807, 2.05) is 12.1 Å². The molecule has 3 N–H and O–H groups in total. The van der Waals surface area contributed by atoms with Crippen LogP contribution in [0.4, 0.5) is 19.1 Å². The Hall–Kier alpha value is -2.61. The minimum atomic E-state index is -4.53. The van der Waals surface area contributed by atoms with Gasteiger partial charge in [-0.2, -0.15) is 13.2 Å². The number of nitrogens with one attached hydrogen (secondary N) is 3. The lowest BCUT2D eigenvalue weighted by Crippen LogP contribution is -2.46. The second-order valence-electron chi connectivity index (χ2n) is 7.74. The van der Waals surface area contributed by atoms with E-state index in [1.165, 1.54) is 12.8 Å². The van der Waals surface area contributed by atoms with Crippen molar-refractivity contribution in [2.24, 2.45) is 0 Å². The van der Waals surface area contributed by atoms with Gasteiger partial charge in [-0.3, -0.25) is 0 Å². The number of halogens is 3. The Bertz CT molecular complexity index is 1010. The average Bonchev–Trinajstić information content (AvgIpc) is 3.29. The Balaban J connectivity index is 1.50. The van der Waals surface area contributed by atoms with Crippen LogP contribution in [-0.4, -0.2) is 33.1 Å². The second kappa shape index (κ2) is 6.20. The normalized spacial score (nSPS) is 21.2. The van der Waals surface area contributed by atoms with Crippen LogP contribution >= 0.6 is 0 Å². The predicted octanol–water partition coefficient (Wildman–Crippen LogP) is 4.34. The summed E-state index contributed by atoms with van der Waals surface area (Å²) in [4.78, 5) is 11.3. The van der Waals surface area contributed by atoms with E-state index < -0.39 is 11.7 Å². The number of para-hydroxylation sites is 1. The van der Waals surface area contributed by atoms with Crippen LogP contribution in [0.2, 0.25) is 0 Å². The van der Waals surface area contributed by atoms with Gasteiger partial charge < -0.3 is 15.6 Å². The number of anilines is 1. The molecule has 1 spiro atoms. The minimum Gasteiger partial charge on any atom is -0.360 e. The predicted molar refractivity (Wildman–Crippen MR) is 101 cm³/mol. The summed E-state index contributed by atoms with van der Waals surface area (Å²) < 4.78 is 40.8. The first-order chi connectivity index (χ1) is 13.4. The lowest BCUT2D eigenvalue weighted by molar-refractivity contribution is -0.137. The van der Waals surface area contributed by atoms with Gasteiger partial charge in [-0.1, -0.05) is 18.2 Å². The molecule has 1 aliphatic carbocycles. The fraction of sp³-hybridized carbons (Fsp3) is 0.400. The zero-order valence-corrected chi connectivity index (χ0v) is 15.1. The number of aromatic amines is 1. The van der Waals surface area contributed by atoms with Crippen molar-refractivity contribution in [1.82, 2.24) is 20.3 Å². The van der Waals surface area contributed by atoms with Crippen molar-refractivity contribution in [2.75, 3.05) is 11.9 Å². The molecule has 146 valence electrons. The molecule has 3 aromatic rings. The van der Waals surface area contributed by atoms with Gasteiger partial charge in [-0.15, -0.1) is 0 Å². The maximum Gasteiger partial charge on any atom is 0.419 e. The Morgan fingerprint density at radius 1 is 1.14 bits per heavy atom. The molecule has 0 bridgehead atoms. The summed E-state index contributed by atoms with van der Waals surface area (Å²) in [6.07, 6.45) is 2.37. The smallest absolute Gasteiger partial charge is 0.360 e. The summed E-state index contributed by atoms with van der Waals surface area (Å²) in [6, 6.07) is 7.36. The van der Waals surface area contributed by atoms with Crippen molar-refractivity contribution in [3.63, 3.8) is 0 Å². The molecule has 8 heteroatoms. The number of H-pyrrole nitrogens is 1. The van der Waals surface area contributed by atoms with Crippen LogP contribution in [0.1, 0.15) is 31.2 Å². The second-order valence-corrected chi connectivity index (χ2v) is 7.74. The molecule has 2 aliphatic rings. The van der Waals surface area contributed by atoms with Gasteiger partial charge in [0.15, 0.2) is 0 Å². The molecule has 5 rings (SSSR count). The van der Waals surface area contributed by atoms with Crippen LogP contribution in [0.25, 0.3) is 22.2 Å². The molecule has 1 atom stereocenters. The van der Waals surface area contributed by atoms with Crippen molar-refractivity contribution in [1.29, 1.82) is 0 Å². The van der Waals surface area contributed by atoms with Crippen LogP contribution in [0.15, 0.2) is 36.7 Å². The fourth-order valence-electron chi connectivity index (χ4n) is 4.00. The number of nitrogens with zero attached hydrogens (tertiary/aromatic N) is 2. The van der Waals surface area contributed by atoms with Crippen molar-refractivity contribution >= 4 is 16.9 Å². The summed E-state index contributed by atoms with van der Waals surface area (Å²) >= 11 is 0. The van der Waals surface area contributed by atoms with E-state index in [0.717, 1.165) is 31.1 Å². The summed E-state index contributed by atoms with van der Waals surface area (Å²) in [6.45, 7) is 0.771. The van der Waals surface area contributed by atoms with Gasteiger partial charge in [-0.25, -0.2) is 9.97 Å². The number of alkyl halides is 3. The largest absolute Gasteiger partial charge is 0.419 e. The van der Waals surface area contributed by atoms with Crippen molar-refractivity contribution in [3.05, 3.63) is 42.2 Å². The molecule has 5 nitrogen and oxygen atoms in total. The number of piperidine rings is 1. The maximum absolute atomic E-state index is 13.6. The molecule has 2 aromatic heterocycles. The van der Waals surface area contributed by atoms with Crippen LogP contribution in [0.3, 0.4) is 0 Å². The topological polar surface area (TPSA) is 65.6 Å². The quantitative estimate of drug-likeness (QED) is 0.626. The van der Waals surface area contributed by atoms with Crippen LogP contribution in [0, 0.1) is 0 Å². The summed E-state index contributed by atoms with van der Waals surface area (Å²) in [7, 11) is 0. The highest BCUT2D eigenvalue weighted by molar-refractivity contribution is 5.95. The first-order valence-corrected chi connectivity index (χ1v) is 9.46. The fourth-order valence-corrected chi connectivity index (χ4v) is 4.00. The zero-order chi connectivity index (χ0) is 19.4. The summed E-state index contributed by atoms with van der Waals surface area (Å²) in [5.74, 6) is 0.229. The van der Waals surface area contributed by atoms with Gasteiger partial charge in [0, 0.05) is 47.0 Å². The highest BCUT2D eigenvalue weighted by Gasteiger charge is 2.44. The summed E-state index contributed by atoms with van der Waals surface area (Å²) in [5.41, 5.74) is 0.567. The highest BCUT2D eigenvalue weighted by Crippen LogP contribution is 2.42. The lowest BCUT2D eigenvalue weighted by atomic mass is 9.99. The average molecular weight is 387 g/mol. The van der Waals surface area contributed by atoms with Gasteiger partial charge in [0.2, 0.25) is 5.95 Å². The van der Waals surface area contributed by atoms with Crippen molar-refractivity contribution < 1.29 is 13.2 Å². The Morgan fingerprint density at radius 2 is 1.96 bits per heavy atom. The number of aromatic nitrogens is 3. The lowest BCUT2D eigenvalue weighted by Gasteiger charge is -2.30. The van der Waals surface area contributed by atoms with Gasteiger partial charge in [-0.05, 0) is 31.7 Å². The molecule has 1 aliphatic heterocycles. The molecule has 1 saturated carbocycles. The molecule has 1 saturated heterocycles. The van der Waals surface area contributed by atoms with Crippen LogP contribution < -0.4 is 10.6 Å². The van der Waals surface area contributed by atoms with E-state index in [4.69, 9.17) is 0 Å². The Morgan fingerprint density at radius 3 is 2.68 bits per heavy atom. The number of benzene rings is 1. The third kappa shape index (κ3) is 3.11. The Labute approximate surface area is 159 Å². The standard InChI is InChI=1S/C20H20F3N5/c21-20(22,23)15-11-25-18(27-12-5-6-19(7-8-19)26-9-12)28-17(15)14-10-24-16-4-2-1-3-13(14)16/h1-4,10-12,24,26H,5-9H2,(H,25,27,28)/t12-/m0/s1. The maximum atomic E-state index is 13.6. The van der Waals surface area contributed by atoms with Gasteiger partial charge in [0.25, 0.3) is 0 Å². The molecule has 0 radical (unpaired) electrons. The number of hydrogen-bond donors (Lipinski definition) is 3. The number of fused-ring (bicyclic) bond motifs is 1. The molecule has 0 unspecified atom stereocenters. The molecular weight excluding hydrogens is 367 g/mol. The molecule has 2 fully saturated rings. The Kier molecular flexibility index (Phi) is 3.87.